The molecule has 2 aromatic rings. The van der Waals surface area contributed by atoms with E-state index in [1.807, 2.05) is 5.38 Å². The number of rotatable bonds is 3. The van der Waals surface area contributed by atoms with E-state index in [4.69, 9.17) is 5.73 Å². The second-order valence-corrected chi connectivity index (χ2v) is 6.20. The Morgan fingerprint density at radius 1 is 1.22 bits per heavy atom. The fraction of sp³-hybridized carbons (Fsp3) is 0.429. The van der Waals surface area contributed by atoms with Crippen LogP contribution in [-0.4, -0.2) is 9.59 Å². The summed E-state index contributed by atoms with van der Waals surface area (Å²) in [6, 6.07) is 8.60. The van der Waals surface area contributed by atoms with E-state index in [1.54, 1.807) is 0 Å². The highest BCUT2D eigenvalue weighted by molar-refractivity contribution is 7.03. The van der Waals surface area contributed by atoms with Crippen LogP contribution in [0.3, 0.4) is 0 Å². The van der Waals surface area contributed by atoms with Crippen molar-refractivity contribution in [3.63, 3.8) is 0 Å². The van der Waals surface area contributed by atoms with Crippen LogP contribution in [0.25, 0.3) is 0 Å². The van der Waals surface area contributed by atoms with E-state index in [0.29, 0.717) is 0 Å². The summed E-state index contributed by atoms with van der Waals surface area (Å²) < 4.78 is 3.84. The van der Waals surface area contributed by atoms with Gasteiger partial charge < -0.3 is 5.73 Å². The monoisotopic (exact) mass is 261 g/mol. The Morgan fingerprint density at radius 2 is 1.89 bits per heavy atom. The predicted molar refractivity (Wildman–Crippen MR) is 75.7 cm³/mol. The van der Waals surface area contributed by atoms with E-state index in [0.717, 1.165) is 12.1 Å². The molecule has 0 fully saturated rings. The molecule has 1 aromatic carbocycles. The summed E-state index contributed by atoms with van der Waals surface area (Å²) in [6.45, 7) is 6.65. The first-order valence-corrected chi connectivity index (χ1v) is 6.92. The molecule has 0 aliphatic heterocycles. The summed E-state index contributed by atoms with van der Waals surface area (Å²) in [5.74, 6) is 0. The first kappa shape index (κ1) is 13.2. The first-order chi connectivity index (χ1) is 8.47. The van der Waals surface area contributed by atoms with Crippen molar-refractivity contribution in [3.8, 4) is 0 Å². The number of benzene rings is 1. The largest absolute Gasteiger partial charge is 0.322 e. The van der Waals surface area contributed by atoms with Crippen LogP contribution in [0.2, 0.25) is 0 Å². The number of hydrogen-bond acceptors (Lipinski definition) is 4. The van der Waals surface area contributed by atoms with Gasteiger partial charge >= 0.3 is 0 Å². The molecule has 0 saturated heterocycles. The molecular formula is C14H19N3S. The Labute approximate surface area is 112 Å². The van der Waals surface area contributed by atoms with E-state index >= 15 is 0 Å². The highest BCUT2D eigenvalue weighted by Gasteiger charge is 2.14. The van der Waals surface area contributed by atoms with Crippen molar-refractivity contribution in [3.05, 3.63) is 46.5 Å². The number of nitrogens with zero attached hydrogens (tertiary/aromatic N) is 2. The van der Waals surface area contributed by atoms with Gasteiger partial charge in [-0.2, -0.15) is 0 Å². The van der Waals surface area contributed by atoms with E-state index in [-0.39, 0.29) is 11.5 Å². The molecule has 3 nitrogen and oxygen atoms in total. The van der Waals surface area contributed by atoms with Crippen molar-refractivity contribution in [2.24, 2.45) is 5.73 Å². The third-order valence-corrected chi connectivity index (χ3v) is 3.56. The molecule has 0 spiro atoms. The molecule has 0 aliphatic rings. The molecule has 0 amide bonds. The number of nitrogens with two attached hydrogens (primary N) is 1. The Morgan fingerprint density at radius 3 is 2.39 bits per heavy atom. The highest BCUT2D eigenvalue weighted by atomic mass is 32.1. The van der Waals surface area contributed by atoms with Crippen LogP contribution >= 0.6 is 11.5 Å². The smallest absolute Gasteiger partial charge is 0.0925 e. The maximum atomic E-state index is 6.10. The van der Waals surface area contributed by atoms with Gasteiger partial charge in [0.25, 0.3) is 0 Å². The maximum absolute atomic E-state index is 6.10. The fourth-order valence-electron chi connectivity index (χ4n) is 1.83. The van der Waals surface area contributed by atoms with Crippen molar-refractivity contribution in [1.82, 2.24) is 9.59 Å². The molecule has 4 heteroatoms. The predicted octanol–water partition coefficient (Wildman–Crippen LogP) is 3.08. The van der Waals surface area contributed by atoms with Gasteiger partial charge in [0.15, 0.2) is 0 Å². The second-order valence-electron chi connectivity index (χ2n) is 5.59. The fourth-order valence-corrected chi connectivity index (χ4v) is 2.35. The molecule has 0 bridgehead atoms. The topological polar surface area (TPSA) is 51.8 Å². The molecule has 96 valence electrons. The van der Waals surface area contributed by atoms with Gasteiger partial charge in [-0.05, 0) is 34.5 Å². The van der Waals surface area contributed by atoms with Crippen molar-refractivity contribution < 1.29 is 0 Å². The van der Waals surface area contributed by atoms with Crippen LogP contribution in [0.15, 0.2) is 29.6 Å². The molecule has 2 rings (SSSR count). The molecule has 0 saturated carbocycles. The van der Waals surface area contributed by atoms with Crippen molar-refractivity contribution in [2.45, 2.75) is 38.6 Å². The zero-order valence-electron chi connectivity index (χ0n) is 11.1. The summed E-state index contributed by atoms with van der Waals surface area (Å²) in [6.07, 6.45) is 0.801. The molecule has 18 heavy (non-hydrogen) atoms. The van der Waals surface area contributed by atoms with Gasteiger partial charge in [0.05, 0.1) is 11.7 Å². The summed E-state index contributed by atoms with van der Waals surface area (Å²) in [4.78, 5) is 0. The van der Waals surface area contributed by atoms with Crippen LogP contribution < -0.4 is 5.73 Å². The standard InChI is InChI=1S/C14H19N3S/c1-14(2,3)11-6-4-10(5-7-11)8-12(15)13-9-18-17-16-13/h4-7,9,12H,8,15H2,1-3H3. The second kappa shape index (κ2) is 5.16. The Kier molecular flexibility index (Phi) is 3.78. The van der Waals surface area contributed by atoms with E-state index < -0.39 is 0 Å². The molecule has 1 aromatic heterocycles. The zero-order chi connectivity index (χ0) is 13.2. The van der Waals surface area contributed by atoms with E-state index in [2.05, 4.69) is 54.6 Å². The summed E-state index contributed by atoms with van der Waals surface area (Å²) in [7, 11) is 0. The lowest BCUT2D eigenvalue weighted by Crippen LogP contribution is -2.14. The Bertz CT molecular complexity index is 483. The van der Waals surface area contributed by atoms with Gasteiger partial charge in [0.2, 0.25) is 0 Å². The quantitative estimate of drug-likeness (QED) is 0.923. The maximum Gasteiger partial charge on any atom is 0.0925 e. The Hall–Kier alpha value is -1.26. The lowest BCUT2D eigenvalue weighted by atomic mass is 9.86. The minimum absolute atomic E-state index is 0.0655. The SMILES string of the molecule is CC(C)(C)c1ccc(CC(N)c2csnn2)cc1. The molecule has 1 unspecified atom stereocenters. The third-order valence-electron chi connectivity index (χ3n) is 3.03. The zero-order valence-corrected chi connectivity index (χ0v) is 11.9. The average Bonchev–Trinajstić information content (AvgIpc) is 2.82. The average molecular weight is 261 g/mol. The minimum Gasteiger partial charge on any atom is -0.322 e. The van der Waals surface area contributed by atoms with Crippen LogP contribution in [0.1, 0.15) is 43.6 Å². The molecular weight excluding hydrogens is 242 g/mol. The van der Waals surface area contributed by atoms with E-state index in [9.17, 15) is 0 Å². The normalized spacial score (nSPS) is 13.6. The van der Waals surface area contributed by atoms with Crippen molar-refractivity contribution >= 4 is 11.5 Å². The molecule has 1 atom stereocenters. The van der Waals surface area contributed by atoms with Gasteiger partial charge in [-0.15, -0.1) is 5.10 Å². The summed E-state index contributed by atoms with van der Waals surface area (Å²) in [5, 5.41) is 5.92. The summed E-state index contributed by atoms with van der Waals surface area (Å²) in [5.41, 5.74) is 9.75. The van der Waals surface area contributed by atoms with Crippen LogP contribution in [-0.2, 0) is 11.8 Å². The Balaban J connectivity index is 2.07. The van der Waals surface area contributed by atoms with Crippen LogP contribution in [0.4, 0.5) is 0 Å². The first-order valence-electron chi connectivity index (χ1n) is 6.09. The lowest BCUT2D eigenvalue weighted by molar-refractivity contribution is 0.589. The number of hydrogen-bond donors (Lipinski definition) is 1. The third kappa shape index (κ3) is 3.15. The highest BCUT2D eigenvalue weighted by Crippen LogP contribution is 2.23. The van der Waals surface area contributed by atoms with E-state index in [1.165, 1.54) is 22.7 Å². The van der Waals surface area contributed by atoms with Gasteiger partial charge in [-0.25, -0.2) is 0 Å². The van der Waals surface area contributed by atoms with Gasteiger partial charge in [-0.3, -0.25) is 0 Å². The lowest BCUT2D eigenvalue weighted by Gasteiger charge is -2.19. The molecule has 0 aliphatic carbocycles. The molecule has 2 N–H and O–H groups in total. The van der Waals surface area contributed by atoms with Crippen molar-refractivity contribution in [1.29, 1.82) is 0 Å². The molecule has 0 radical (unpaired) electrons. The minimum atomic E-state index is -0.0655. The van der Waals surface area contributed by atoms with Gasteiger partial charge in [0, 0.05) is 5.38 Å². The van der Waals surface area contributed by atoms with Crippen LogP contribution in [0.5, 0.6) is 0 Å². The van der Waals surface area contributed by atoms with Crippen molar-refractivity contribution in [2.75, 3.05) is 0 Å². The van der Waals surface area contributed by atoms with Crippen LogP contribution in [0, 0.1) is 0 Å². The van der Waals surface area contributed by atoms with Gasteiger partial charge in [-0.1, -0.05) is 49.5 Å². The summed E-state index contributed by atoms with van der Waals surface area (Å²) >= 11 is 1.34. The van der Waals surface area contributed by atoms with Gasteiger partial charge in [0.1, 0.15) is 0 Å². The molecule has 1 heterocycles. The number of aromatic nitrogens is 2.